The Balaban J connectivity index is 2.47. The number of fused-ring (bicyclic) bond motifs is 2. The van der Waals surface area contributed by atoms with Crippen LogP contribution in [0.2, 0.25) is 0 Å². The molecule has 1 heteroatoms. The van der Waals surface area contributed by atoms with Gasteiger partial charge in [-0.1, -0.05) is 23.3 Å². The van der Waals surface area contributed by atoms with Crippen LogP contribution in [0.25, 0.3) is 0 Å². The van der Waals surface area contributed by atoms with E-state index in [1.54, 1.807) is 11.1 Å². The van der Waals surface area contributed by atoms with Gasteiger partial charge < -0.3 is 5.11 Å². The van der Waals surface area contributed by atoms with Crippen LogP contribution in [-0.4, -0.2) is 11.7 Å². The summed E-state index contributed by atoms with van der Waals surface area (Å²) >= 11 is 0. The van der Waals surface area contributed by atoms with Gasteiger partial charge in [0.25, 0.3) is 0 Å². The fourth-order valence-electron chi connectivity index (χ4n) is 3.69. The van der Waals surface area contributed by atoms with Crippen LogP contribution in [-0.2, 0) is 0 Å². The molecule has 2 rings (SSSR count). The normalized spacial score (nSPS) is 33.8. The Bertz CT molecular complexity index is 398. The van der Waals surface area contributed by atoms with Crippen molar-refractivity contribution in [2.45, 2.75) is 40.5 Å². The molecular formula is C16H24O. The van der Waals surface area contributed by atoms with Gasteiger partial charge in [0.2, 0.25) is 0 Å². The Kier molecular flexibility index (Phi) is 3.58. The zero-order chi connectivity index (χ0) is 12.6. The van der Waals surface area contributed by atoms with E-state index in [4.69, 9.17) is 0 Å². The first kappa shape index (κ1) is 12.6. The summed E-state index contributed by atoms with van der Waals surface area (Å²) in [7, 11) is 0. The van der Waals surface area contributed by atoms with E-state index in [1.165, 1.54) is 24.0 Å². The van der Waals surface area contributed by atoms with Crippen LogP contribution in [0.5, 0.6) is 0 Å². The molecule has 0 aromatic rings. The van der Waals surface area contributed by atoms with Crippen LogP contribution in [0.15, 0.2) is 34.4 Å². The minimum absolute atomic E-state index is 0.351. The van der Waals surface area contributed by atoms with E-state index in [1.807, 2.05) is 0 Å². The molecule has 3 unspecified atom stereocenters. The highest BCUT2D eigenvalue weighted by molar-refractivity contribution is 5.51. The summed E-state index contributed by atoms with van der Waals surface area (Å²) in [6, 6.07) is 0. The second-order valence-corrected chi connectivity index (χ2v) is 5.49. The first-order valence-corrected chi connectivity index (χ1v) is 6.75. The summed E-state index contributed by atoms with van der Waals surface area (Å²) in [5.41, 5.74) is 5.97. The molecule has 3 atom stereocenters. The molecule has 1 saturated carbocycles. The van der Waals surface area contributed by atoms with E-state index < -0.39 is 0 Å². The minimum atomic E-state index is 0.351. The van der Waals surface area contributed by atoms with E-state index >= 15 is 0 Å². The highest BCUT2D eigenvalue weighted by atomic mass is 16.3. The molecule has 0 saturated heterocycles. The molecule has 0 radical (unpaired) electrons. The number of hydrogen-bond donors (Lipinski definition) is 1. The average Bonchev–Trinajstić information content (AvgIpc) is 2.93. The predicted octanol–water partition coefficient (Wildman–Crippen LogP) is 3.86. The van der Waals surface area contributed by atoms with E-state index in [0.29, 0.717) is 24.4 Å². The predicted molar refractivity (Wildman–Crippen MR) is 72.7 cm³/mol. The maximum Gasteiger partial charge on any atom is 0.0465 e. The molecule has 2 aliphatic rings. The molecule has 0 aromatic heterocycles. The molecule has 1 N–H and O–H groups in total. The first-order chi connectivity index (χ1) is 8.13. The third-order valence-electron chi connectivity index (χ3n) is 4.71. The third-order valence-corrected chi connectivity index (χ3v) is 4.71. The van der Waals surface area contributed by atoms with Gasteiger partial charge >= 0.3 is 0 Å². The Hall–Kier alpha value is -0.820. The number of aliphatic hydroxyl groups excluding tert-OH is 1. The Morgan fingerprint density at radius 3 is 2.24 bits per heavy atom. The molecule has 2 bridgehead atoms. The highest BCUT2D eigenvalue weighted by Gasteiger charge is 2.45. The molecule has 1 nitrogen and oxygen atoms in total. The van der Waals surface area contributed by atoms with Crippen LogP contribution >= 0.6 is 0 Å². The monoisotopic (exact) mass is 232 g/mol. The lowest BCUT2D eigenvalue weighted by molar-refractivity contribution is 0.202. The SMILES string of the molecule is C/C=C(\C)C1=C(/C(C)=C/C)C2CC1CC2CO. The number of allylic oxidation sites excluding steroid dienone is 6. The van der Waals surface area contributed by atoms with Gasteiger partial charge in [0.1, 0.15) is 0 Å². The summed E-state index contributed by atoms with van der Waals surface area (Å²) in [4.78, 5) is 0. The van der Waals surface area contributed by atoms with Crippen molar-refractivity contribution in [2.24, 2.45) is 17.8 Å². The van der Waals surface area contributed by atoms with Crippen molar-refractivity contribution in [2.75, 3.05) is 6.61 Å². The quantitative estimate of drug-likeness (QED) is 0.783. The maximum atomic E-state index is 9.49. The van der Waals surface area contributed by atoms with Crippen molar-refractivity contribution in [1.82, 2.24) is 0 Å². The summed E-state index contributed by atoms with van der Waals surface area (Å²) in [6.45, 7) is 9.04. The summed E-state index contributed by atoms with van der Waals surface area (Å²) in [5.74, 6) is 1.79. The third kappa shape index (κ3) is 1.91. The Morgan fingerprint density at radius 2 is 1.71 bits per heavy atom. The summed E-state index contributed by atoms with van der Waals surface area (Å²) in [6.07, 6.45) is 6.88. The fraction of sp³-hybridized carbons (Fsp3) is 0.625. The molecule has 0 aromatic carbocycles. The largest absolute Gasteiger partial charge is 0.396 e. The number of rotatable bonds is 3. The van der Waals surface area contributed by atoms with Gasteiger partial charge in [-0.2, -0.15) is 0 Å². The molecular weight excluding hydrogens is 208 g/mol. The standard InChI is InChI=1S/C16H24O/c1-5-10(3)15-12-7-13(9-17)14(8-12)16(15)11(4)6-2/h5-6,12-14,17H,7-9H2,1-4H3/b10-5+,11-6+. The molecule has 94 valence electrons. The van der Waals surface area contributed by atoms with Crippen LogP contribution in [0.1, 0.15) is 40.5 Å². The van der Waals surface area contributed by atoms with Crippen LogP contribution in [0, 0.1) is 17.8 Å². The van der Waals surface area contributed by atoms with Gasteiger partial charge in [-0.25, -0.2) is 0 Å². The first-order valence-electron chi connectivity index (χ1n) is 6.75. The lowest BCUT2D eigenvalue weighted by Gasteiger charge is -2.27. The summed E-state index contributed by atoms with van der Waals surface area (Å²) in [5, 5.41) is 9.49. The Morgan fingerprint density at radius 1 is 1.12 bits per heavy atom. The van der Waals surface area contributed by atoms with Crippen LogP contribution in [0.4, 0.5) is 0 Å². The van der Waals surface area contributed by atoms with E-state index in [9.17, 15) is 5.11 Å². The van der Waals surface area contributed by atoms with E-state index in [-0.39, 0.29) is 0 Å². The van der Waals surface area contributed by atoms with Gasteiger partial charge in [-0.15, -0.1) is 0 Å². The lowest BCUT2D eigenvalue weighted by atomic mass is 9.79. The molecule has 17 heavy (non-hydrogen) atoms. The van der Waals surface area contributed by atoms with Crippen LogP contribution < -0.4 is 0 Å². The zero-order valence-corrected chi connectivity index (χ0v) is 11.5. The van der Waals surface area contributed by atoms with Gasteiger partial charge in [0.15, 0.2) is 0 Å². The number of hydrogen-bond acceptors (Lipinski definition) is 1. The van der Waals surface area contributed by atoms with Crippen LogP contribution in [0.3, 0.4) is 0 Å². The van der Waals surface area contributed by atoms with Crippen molar-refractivity contribution < 1.29 is 5.11 Å². The fourth-order valence-corrected chi connectivity index (χ4v) is 3.69. The van der Waals surface area contributed by atoms with Gasteiger partial charge in [0, 0.05) is 6.61 Å². The summed E-state index contributed by atoms with van der Waals surface area (Å²) < 4.78 is 0. The van der Waals surface area contributed by atoms with Gasteiger partial charge in [0.05, 0.1) is 0 Å². The second kappa shape index (κ2) is 4.81. The van der Waals surface area contributed by atoms with Gasteiger partial charge in [-0.3, -0.25) is 0 Å². The highest BCUT2D eigenvalue weighted by Crippen LogP contribution is 2.55. The molecule has 2 aliphatic carbocycles. The average molecular weight is 232 g/mol. The molecule has 0 aliphatic heterocycles. The van der Waals surface area contributed by atoms with Crippen molar-refractivity contribution in [3.05, 3.63) is 34.4 Å². The molecule has 0 heterocycles. The smallest absolute Gasteiger partial charge is 0.0465 e. The molecule has 0 amide bonds. The number of aliphatic hydroxyl groups is 1. The molecule has 1 fully saturated rings. The molecule has 0 spiro atoms. The topological polar surface area (TPSA) is 20.2 Å². The maximum absolute atomic E-state index is 9.49. The van der Waals surface area contributed by atoms with Crippen molar-refractivity contribution in [3.63, 3.8) is 0 Å². The van der Waals surface area contributed by atoms with E-state index in [0.717, 1.165) is 0 Å². The van der Waals surface area contributed by atoms with Crippen molar-refractivity contribution in [3.8, 4) is 0 Å². The zero-order valence-electron chi connectivity index (χ0n) is 11.5. The second-order valence-electron chi connectivity index (χ2n) is 5.49. The van der Waals surface area contributed by atoms with Gasteiger partial charge in [-0.05, 0) is 69.4 Å². The van der Waals surface area contributed by atoms with Crippen molar-refractivity contribution in [1.29, 1.82) is 0 Å². The van der Waals surface area contributed by atoms with Crippen molar-refractivity contribution >= 4 is 0 Å². The lowest BCUT2D eigenvalue weighted by Crippen LogP contribution is -2.19. The van der Waals surface area contributed by atoms with E-state index in [2.05, 4.69) is 39.8 Å². The Labute approximate surface area is 105 Å². The minimum Gasteiger partial charge on any atom is -0.396 e.